The first-order valence-electron chi connectivity index (χ1n) is 6.71. The Balaban J connectivity index is 2.45. The minimum atomic E-state index is -2.80. The zero-order valence-corrected chi connectivity index (χ0v) is 11.6. The number of benzene rings is 2. The number of hydrogen-bond donors (Lipinski definition) is 0. The van der Waals surface area contributed by atoms with Gasteiger partial charge in [-0.2, -0.15) is 0 Å². The minimum absolute atomic E-state index is 0.231. The van der Waals surface area contributed by atoms with Crippen molar-refractivity contribution in [2.45, 2.75) is 33.1 Å². The summed E-state index contributed by atoms with van der Waals surface area (Å²) in [5.74, 6) is -0.816. The van der Waals surface area contributed by atoms with Crippen molar-refractivity contribution in [2.24, 2.45) is 0 Å². The zero-order valence-electron chi connectivity index (χ0n) is 11.6. The number of aryl methyl sites for hydroxylation is 2. The molecule has 0 heterocycles. The molecule has 0 bridgehead atoms. The Kier molecular flexibility index (Phi) is 4.48. The normalized spacial score (nSPS) is 11.1. The lowest BCUT2D eigenvalue weighted by molar-refractivity contribution is 0.145. The van der Waals surface area contributed by atoms with Gasteiger partial charge in [-0.15, -0.1) is 0 Å². The predicted octanol–water partition coefficient (Wildman–Crippen LogP) is 5.69. The summed E-state index contributed by atoms with van der Waals surface area (Å²) in [6.07, 6.45) is -0.804. The summed E-state index contributed by atoms with van der Waals surface area (Å²) in [5, 5.41) is 0. The monoisotopic (exact) mass is 278 g/mol. The second-order valence-corrected chi connectivity index (χ2v) is 4.91. The van der Waals surface area contributed by atoms with Gasteiger partial charge in [0.15, 0.2) is 0 Å². The van der Waals surface area contributed by atoms with Gasteiger partial charge >= 0.3 is 0 Å². The third-order valence-corrected chi connectivity index (χ3v) is 3.42. The SMILES string of the molecule is CCCc1ccc(-c2ccc(C)c(C(F)F)c2F)cc1. The molecule has 0 fully saturated rings. The molecule has 0 unspecified atom stereocenters. The Labute approximate surface area is 117 Å². The van der Waals surface area contributed by atoms with Crippen LogP contribution < -0.4 is 0 Å². The van der Waals surface area contributed by atoms with Crippen molar-refractivity contribution in [1.82, 2.24) is 0 Å². The first-order valence-corrected chi connectivity index (χ1v) is 6.71. The highest BCUT2D eigenvalue weighted by Crippen LogP contribution is 2.32. The third-order valence-electron chi connectivity index (χ3n) is 3.42. The summed E-state index contributed by atoms with van der Waals surface area (Å²) < 4.78 is 40.1. The van der Waals surface area contributed by atoms with Gasteiger partial charge in [-0.05, 0) is 30.0 Å². The third kappa shape index (κ3) is 2.87. The molecule has 3 heteroatoms. The Morgan fingerprint density at radius 2 is 1.65 bits per heavy atom. The Morgan fingerprint density at radius 1 is 1.00 bits per heavy atom. The highest BCUT2D eigenvalue weighted by molar-refractivity contribution is 5.66. The maximum atomic E-state index is 14.2. The summed E-state index contributed by atoms with van der Waals surface area (Å²) in [6.45, 7) is 3.58. The molecule has 0 N–H and O–H groups in total. The molecular weight excluding hydrogens is 261 g/mol. The lowest BCUT2D eigenvalue weighted by atomic mass is 9.97. The number of alkyl halides is 2. The molecule has 0 saturated heterocycles. The van der Waals surface area contributed by atoms with Crippen LogP contribution >= 0.6 is 0 Å². The lowest BCUT2D eigenvalue weighted by Gasteiger charge is -2.11. The van der Waals surface area contributed by atoms with Crippen LogP contribution in [0.5, 0.6) is 0 Å². The van der Waals surface area contributed by atoms with Crippen molar-refractivity contribution in [3.63, 3.8) is 0 Å². The molecule has 2 aromatic carbocycles. The molecule has 0 nitrogen and oxygen atoms in total. The van der Waals surface area contributed by atoms with E-state index >= 15 is 0 Å². The van der Waals surface area contributed by atoms with E-state index < -0.39 is 17.8 Å². The molecular formula is C17H17F3. The van der Waals surface area contributed by atoms with Gasteiger partial charge in [0, 0.05) is 5.56 Å². The van der Waals surface area contributed by atoms with Crippen LogP contribution in [0, 0.1) is 12.7 Å². The van der Waals surface area contributed by atoms with Crippen LogP contribution in [0.25, 0.3) is 11.1 Å². The fourth-order valence-corrected chi connectivity index (χ4v) is 2.32. The Morgan fingerprint density at radius 3 is 2.20 bits per heavy atom. The van der Waals surface area contributed by atoms with Crippen molar-refractivity contribution in [3.05, 3.63) is 58.9 Å². The summed E-state index contributed by atoms with van der Waals surface area (Å²) in [4.78, 5) is 0. The van der Waals surface area contributed by atoms with Gasteiger partial charge in [-0.3, -0.25) is 0 Å². The summed E-state index contributed by atoms with van der Waals surface area (Å²) in [7, 11) is 0. The average Bonchev–Trinajstić information content (AvgIpc) is 2.40. The molecule has 0 spiro atoms. The number of rotatable bonds is 4. The summed E-state index contributed by atoms with van der Waals surface area (Å²) in [6, 6.07) is 10.5. The van der Waals surface area contributed by atoms with E-state index in [9.17, 15) is 13.2 Å². The molecule has 0 aromatic heterocycles. The van der Waals surface area contributed by atoms with Crippen molar-refractivity contribution in [3.8, 4) is 11.1 Å². The van der Waals surface area contributed by atoms with Crippen molar-refractivity contribution in [2.75, 3.05) is 0 Å². The molecule has 0 aliphatic heterocycles. The molecule has 0 saturated carbocycles. The summed E-state index contributed by atoms with van der Waals surface area (Å²) >= 11 is 0. The van der Waals surface area contributed by atoms with E-state index in [1.807, 2.05) is 12.1 Å². The van der Waals surface area contributed by atoms with Crippen molar-refractivity contribution < 1.29 is 13.2 Å². The largest absolute Gasteiger partial charge is 0.266 e. The number of hydrogen-bond acceptors (Lipinski definition) is 0. The van der Waals surface area contributed by atoms with Gasteiger partial charge in [-0.25, -0.2) is 13.2 Å². The van der Waals surface area contributed by atoms with E-state index in [4.69, 9.17) is 0 Å². The summed E-state index contributed by atoms with van der Waals surface area (Å²) in [5.41, 5.74) is 1.81. The second-order valence-electron chi connectivity index (χ2n) is 4.91. The maximum absolute atomic E-state index is 14.2. The van der Waals surface area contributed by atoms with Gasteiger partial charge in [-0.1, -0.05) is 49.7 Å². The molecule has 0 radical (unpaired) electrons. The first kappa shape index (κ1) is 14.6. The maximum Gasteiger partial charge on any atom is 0.266 e. The fourth-order valence-electron chi connectivity index (χ4n) is 2.32. The van der Waals surface area contributed by atoms with Gasteiger partial charge in [0.25, 0.3) is 6.43 Å². The van der Waals surface area contributed by atoms with E-state index in [-0.39, 0.29) is 11.1 Å². The van der Waals surface area contributed by atoms with E-state index in [1.165, 1.54) is 6.92 Å². The van der Waals surface area contributed by atoms with Gasteiger partial charge in [0.2, 0.25) is 0 Å². The quantitative estimate of drug-likeness (QED) is 0.673. The van der Waals surface area contributed by atoms with Crippen LogP contribution in [-0.4, -0.2) is 0 Å². The molecule has 0 amide bonds. The lowest BCUT2D eigenvalue weighted by Crippen LogP contribution is -1.98. The molecule has 0 aliphatic carbocycles. The molecule has 20 heavy (non-hydrogen) atoms. The van der Waals surface area contributed by atoms with Gasteiger partial charge in [0.05, 0.1) is 5.56 Å². The topological polar surface area (TPSA) is 0 Å². The highest BCUT2D eigenvalue weighted by atomic mass is 19.3. The van der Waals surface area contributed by atoms with E-state index in [0.717, 1.165) is 18.4 Å². The predicted molar refractivity (Wildman–Crippen MR) is 75.5 cm³/mol. The van der Waals surface area contributed by atoms with Gasteiger partial charge < -0.3 is 0 Å². The van der Waals surface area contributed by atoms with E-state index in [2.05, 4.69) is 6.92 Å². The van der Waals surface area contributed by atoms with Crippen LogP contribution in [0.1, 0.15) is 36.5 Å². The Bertz CT molecular complexity index is 586. The first-order chi connectivity index (χ1) is 9.54. The molecule has 2 aromatic rings. The standard InChI is InChI=1S/C17H17F3/c1-3-4-12-6-8-13(9-7-12)14-10-5-11(2)15(16(14)18)17(19)20/h5-10,17H,3-4H2,1-2H3. The fraction of sp³-hybridized carbons (Fsp3) is 0.294. The van der Waals surface area contributed by atoms with Crippen LogP contribution in [0.4, 0.5) is 13.2 Å². The van der Waals surface area contributed by atoms with Gasteiger partial charge in [0.1, 0.15) is 5.82 Å². The van der Waals surface area contributed by atoms with Crippen LogP contribution in [0.3, 0.4) is 0 Å². The molecule has 106 valence electrons. The zero-order chi connectivity index (χ0) is 14.7. The highest BCUT2D eigenvalue weighted by Gasteiger charge is 2.19. The molecule has 0 atom stereocenters. The van der Waals surface area contributed by atoms with Crippen LogP contribution in [0.15, 0.2) is 36.4 Å². The smallest absolute Gasteiger partial charge is 0.206 e. The van der Waals surface area contributed by atoms with E-state index in [1.54, 1.807) is 24.3 Å². The molecule has 0 aliphatic rings. The van der Waals surface area contributed by atoms with E-state index in [0.29, 0.717) is 5.56 Å². The Hall–Kier alpha value is -1.77. The van der Waals surface area contributed by atoms with Crippen LogP contribution in [-0.2, 0) is 6.42 Å². The molecule has 2 rings (SSSR count). The number of halogens is 3. The average molecular weight is 278 g/mol. The minimum Gasteiger partial charge on any atom is -0.206 e. The van der Waals surface area contributed by atoms with Crippen LogP contribution in [0.2, 0.25) is 0 Å². The second kappa shape index (κ2) is 6.12. The van der Waals surface area contributed by atoms with Crippen molar-refractivity contribution in [1.29, 1.82) is 0 Å². The van der Waals surface area contributed by atoms with Crippen molar-refractivity contribution >= 4 is 0 Å².